The molecule has 0 aliphatic carbocycles. The molecule has 1 aliphatic rings. The summed E-state index contributed by atoms with van der Waals surface area (Å²) in [6, 6.07) is 7.58. The molecule has 1 aromatic rings. The number of hydrogen-bond donors (Lipinski definition) is 1. The van der Waals surface area contributed by atoms with Crippen LogP contribution in [0, 0.1) is 5.82 Å². The number of nitrogens with zero attached hydrogens (tertiary/aromatic N) is 2. The number of hydrogen-bond acceptors (Lipinski definition) is 3. The van der Waals surface area contributed by atoms with Crippen LogP contribution >= 0.6 is 0 Å². The van der Waals surface area contributed by atoms with Gasteiger partial charge in [-0.25, -0.2) is 4.39 Å². The Balaban J connectivity index is 2.24. The van der Waals surface area contributed by atoms with Gasteiger partial charge in [0.25, 0.3) is 0 Å². The fourth-order valence-corrected chi connectivity index (χ4v) is 3.14. The second kappa shape index (κ2) is 7.87. The zero-order valence-corrected chi connectivity index (χ0v) is 13.5. The predicted molar refractivity (Wildman–Crippen MR) is 86.0 cm³/mol. The number of nitrogens with one attached hydrogen (secondary N) is 1. The van der Waals surface area contributed by atoms with E-state index in [1.807, 2.05) is 12.1 Å². The number of likely N-dealkylation sites (N-methyl/N-ethyl adjacent to an activating group) is 2. The van der Waals surface area contributed by atoms with Gasteiger partial charge in [0, 0.05) is 18.6 Å². The molecule has 2 unspecified atom stereocenters. The van der Waals surface area contributed by atoms with E-state index in [4.69, 9.17) is 0 Å². The van der Waals surface area contributed by atoms with E-state index in [1.165, 1.54) is 12.5 Å². The molecule has 1 aliphatic heterocycles. The summed E-state index contributed by atoms with van der Waals surface area (Å²) in [6.45, 7) is 6.35. The fourth-order valence-electron chi connectivity index (χ4n) is 3.14. The van der Waals surface area contributed by atoms with Crippen LogP contribution in [0.1, 0.15) is 31.4 Å². The lowest BCUT2D eigenvalue weighted by molar-refractivity contribution is 0.178. The second-order valence-corrected chi connectivity index (χ2v) is 6.15. The van der Waals surface area contributed by atoms with Gasteiger partial charge >= 0.3 is 0 Å². The minimum atomic E-state index is -0.152. The molecule has 1 N–H and O–H groups in total. The van der Waals surface area contributed by atoms with Crippen molar-refractivity contribution in [2.45, 2.75) is 31.8 Å². The third-order valence-corrected chi connectivity index (χ3v) is 4.32. The molecule has 3 nitrogen and oxygen atoms in total. The van der Waals surface area contributed by atoms with Crippen LogP contribution in [-0.2, 0) is 0 Å². The molecule has 118 valence electrons. The van der Waals surface area contributed by atoms with Gasteiger partial charge in [-0.15, -0.1) is 0 Å². The van der Waals surface area contributed by atoms with Crippen molar-refractivity contribution < 1.29 is 4.39 Å². The van der Waals surface area contributed by atoms with E-state index in [-0.39, 0.29) is 11.9 Å². The van der Waals surface area contributed by atoms with Crippen LogP contribution < -0.4 is 5.32 Å². The summed E-state index contributed by atoms with van der Waals surface area (Å²) in [6.07, 6.45) is 2.27. The highest BCUT2D eigenvalue weighted by atomic mass is 19.1. The van der Waals surface area contributed by atoms with Crippen molar-refractivity contribution in [2.75, 3.05) is 40.3 Å². The van der Waals surface area contributed by atoms with E-state index in [9.17, 15) is 4.39 Å². The highest BCUT2D eigenvalue weighted by Crippen LogP contribution is 2.24. The molecule has 2 rings (SSSR count). The molecule has 1 fully saturated rings. The first-order valence-corrected chi connectivity index (χ1v) is 7.99. The highest BCUT2D eigenvalue weighted by Gasteiger charge is 2.29. The molecular formula is C17H28FN3. The zero-order valence-electron chi connectivity index (χ0n) is 13.5. The third-order valence-electron chi connectivity index (χ3n) is 4.32. The summed E-state index contributed by atoms with van der Waals surface area (Å²) in [5.74, 6) is -0.152. The Labute approximate surface area is 128 Å². The molecule has 21 heavy (non-hydrogen) atoms. The molecule has 0 bridgehead atoms. The number of benzene rings is 1. The highest BCUT2D eigenvalue weighted by molar-refractivity contribution is 5.22. The first-order chi connectivity index (χ1) is 10.1. The number of halogens is 1. The van der Waals surface area contributed by atoms with Crippen molar-refractivity contribution in [3.8, 4) is 0 Å². The van der Waals surface area contributed by atoms with Crippen LogP contribution in [-0.4, -0.2) is 56.1 Å². The van der Waals surface area contributed by atoms with Crippen LogP contribution in [0.5, 0.6) is 0 Å². The molecule has 0 spiro atoms. The lowest BCUT2D eigenvalue weighted by atomic mass is 9.97. The maximum atomic E-state index is 13.6. The Morgan fingerprint density at radius 2 is 2.14 bits per heavy atom. The molecule has 2 atom stereocenters. The van der Waals surface area contributed by atoms with Gasteiger partial charge in [-0.1, -0.05) is 19.1 Å². The molecule has 0 saturated carbocycles. The molecule has 0 radical (unpaired) electrons. The van der Waals surface area contributed by atoms with Crippen molar-refractivity contribution in [1.29, 1.82) is 0 Å². The molecule has 0 aromatic heterocycles. The van der Waals surface area contributed by atoms with Crippen molar-refractivity contribution in [3.63, 3.8) is 0 Å². The molecular weight excluding hydrogens is 265 g/mol. The maximum absolute atomic E-state index is 13.6. The van der Waals surface area contributed by atoms with Crippen LogP contribution in [0.3, 0.4) is 0 Å². The summed E-state index contributed by atoms with van der Waals surface area (Å²) in [5.41, 5.74) is 1.05. The first-order valence-electron chi connectivity index (χ1n) is 7.99. The van der Waals surface area contributed by atoms with E-state index in [0.29, 0.717) is 6.04 Å². The summed E-state index contributed by atoms with van der Waals surface area (Å²) < 4.78 is 13.6. The summed E-state index contributed by atoms with van der Waals surface area (Å²) in [5, 5.41) is 3.63. The quantitative estimate of drug-likeness (QED) is 0.900. The third kappa shape index (κ3) is 4.50. The monoisotopic (exact) mass is 293 g/mol. The average molecular weight is 293 g/mol. The van der Waals surface area contributed by atoms with Gasteiger partial charge in [0.15, 0.2) is 0 Å². The van der Waals surface area contributed by atoms with Gasteiger partial charge in [-0.2, -0.15) is 0 Å². The predicted octanol–water partition coefficient (Wildman–Crippen LogP) is 2.50. The Morgan fingerprint density at radius 3 is 2.86 bits per heavy atom. The van der Waals surface area contributed by atoms with Crippen molar-refractivity contribution in [2.24, 2.45) is 0 Å². The normalized spacial score (nSPS) is 23.0. The van der Waals surface area contributed by atoms with Crippen LogP contribution in [0.2, 0.25) is 0 Å². The minimum absolute atomic E-state index is 0.152. The second-order valence-electron chi connectivity index (χ2n) is 6.15. The lowest BCUT2D eigenvalue weighted by Crippen LogP contribution is -2.47. The van der Waals surface area contributed by atoms with Crippen LogP contribution in [0.4, 0.5) is 4.39 Å². The minimum Gasteiger partial charge on any atom is -0.309 e. The van der Waals surface area contributed by atoms with Crippen molar-refractivity contribution in [1.82, 2.24) is 15.1 Å². The van der Waals surface area contributed by atoms with Gasteiger partial charge in [0.2, 0.25) is 0 Å². The summed E-state index contributed by atoms with van der Waals surface area (Å²) >= 11 is 0. The maximum Gasteiger partial charge on any atom is 0.123 e. The van der Waals surface area contributed by atoms with Gasteiger partial charge < -0.3 is 15.1 Å². The first kappa shape index (κ1) is 16.4. The molecule has 4 heteroatoms. The van der Waals surface area contributed by atoms with Gasteiger partial charge in [-0.05, 0) is 64.3 Å². The van der Waals surface area contributed by atoms with E-state index >= 15 is 0 Å². The summed E-state index contributed by atoms with van der Waals surface area (Å²) in [7, 11) is 4.36. The molecule has 1 saturated heterocycles. The van der Waals surface area contributed by atoms with Gasteiger partial charge in [-0.3, -0.25) is 0 Å². The van der Waals surface area contributed by atoms with Crippen molar-refractivity contribution in [3.05, 3.63) is 35.6 Å². The average Bonchev–Trinajstić information content (AvgIpc) is 2.61. The molecule has 0 amide bonds. The lowest BCUT2D eigenvalue weighted by Gasteiger charge is -2.35. The Hall–Kier alpha value is -0.970. The number of rotatable bonds is 5. The Bertz CT molecular complexity index is 438. The standard InChI is InChI=1S/C17H28FN3/c1-4-9-19-17(14-7-5-8-15(18)12-14)16-13-20(2)10-6-11-21(16)3/h5,7-8,12,16-17,19H,4,6,9-11,13H2,1-3H3. The van der Waals surface area contributed by atoms with E-state index in [2.05, 4.69) is 36.1 Å². The van der Waals surface area contributed by atoms with Gasteiger partial charge in [0.05, 0.1) is 0 Å². The fraction of sp³-hybridized carbons (Fsp3) is 0.647. The molecule has 1 heterocycles. The molecule has 1 aromatic carbocycles. The van der Waals surface area contributed by atoms with E-state index in [0.717, 1.165) is 38.2 Å². The van der Waals surface area contributed by atoms with Crippen LogP contribution in [0.25, 0.3) is 0 Å². The smallest absolute Gasteiger partial charge is 0.123 e. The van der Waals surface area contributed by atoms with Gasteiger partial charge in [0.1, 0.15) is 5.82 Å². The van der Waals surface area contributed by atoms with E-state index in [1.54, 1.807) is 6.07 Å². The Kier molecular flexibility index (Phi) is 6.15. The SMILES string of the molecule is CCCNC(c1cccc(F)c1)C1CN(C)CCCN1C. The van der Waals surface area contributed by atoms with Crippen molar-refractivity contribution >= 4 is 0 Å². The van der Waals surface area contributed by atoms with Crippen LogP contribution in [0.15, 0.2) is 24.3 Å². The topological polar surface area (TPSA) is 18.5 Å². The Morgan fingerprint density at radius 1 is 1.33 bits per heavy atom. The van der Waals surface area contributed by atoms with E-state index < -0.39 is 0 Å². The zero-order chi connectivity index (χ0) is 15.2. The summed E-state index contributed by atoms with van der Waals surface area (Å²) in [4.78, 5) is 4.80. The largest absolute Gasteiger partial charge is 0.309 e.